The van der Waals surface area contributed by atoms with E-state index >= 15 is 0 Å². The molecule has 1 aromatic heterocycles. The topological polar surface area (TPSA) is 60.6 Å². The third-order valence-corrected chi connectivity index (χ3v) is 3.42. The number of nitrogens with two attached hydrogens (primary N) is 1. The van der Waals surface area contributed by atoms with Crippen LogP contribution in [0.15, 0.2) is 23.8 Å². The number of allylic oxidation sites excluding steroid dienone is 1. The van der Waals surface area contributed by atoms with Crippen molar-refractivity contribution in [3.05, 3.63) is 23.8 Å². The van der Waals surface area contributed by atoms with E-state index in [4.69, 9.17) is 15.2 Å². The molecule has 22 heavy (non-hydrogen) atoms. The molecule has 1 aromatic rings. The summed E-state index contributed by atoms with van der Waals surface area (Å²) >= 11 is 0. The van der Waals surface area contributed by atoms with Crippen LogP contribution in [0.1, 0.15) is 34.1 Å². The van der Waals surface area contributed by atoms with Crippen LogP contribution in [0.5, 0.6) is 5.88 Å². The Bertz CT molecular complexity index is 469. The molecule has 0 aliphatic carbocycles. The summed E-state index contributed by atoms with van der Waals surface area (Å²) in [5.74, 6) is 1.09. The lowest BCUT2D eigenvalue weighted by Gasteiger charge is -2.29. The van der Waals surface area contributed by atoms with Crippen molar-refractivity contribution < 1.29 is 9.47 Å². The van der Waals surface area contributed by atoms with Gasteiger partial charge < -0.3 is 20.1 Å². The molecule has 1 aliphatic rings. The van der Waals surface area contributed by atoms with E-state index in [1.807, 2.05) is 32.9 Å². The summed E-state index contributed by atoms with van der Waals surface area (Å²) in [6, 6.07) is 3.84. The monoisotopic (exact) mass is 307 g/mol. The van der Waals surface area contributed by atoms with Gasteiger partial charge in [0, 0.05) is 37.3 Å². The number of ether oxygens (including phenoxy) is 2. The Balaban J connectivity index is 0.00000116. The molecule has 0 bridgehead atoms. The number of anilines is 2. The van der Waals surface area contributed by atoms with Gasteiger partial charge in [-0.3, -0.25) is 0 Å². The van der Waals surface area contributed by atoms with Crippen LogP contribution in [0.25, 0.3) is 0 Å². The first kappa shape index (κ1) is 18.3. The second kappa shape index (κ2) is 10.1. The molecule has 124 valence electrons. The zero-order chi connectivity index (χ0) is 16.4. The van der Waals surface area contributed by atoms with Crippen molar-refractivity contribution in [3.63, 3.8) is 0 Å². The second-order valence-electron chi connectivity index (χ2n) is 4.92. The van der Waals surface area contributed by atoms with E-state index < -0.39 is 0 Å². The van der Waals surface area contributed by atoms with Gasteiger partial charge in [-0.05, 0) is 13.8 Å². The number of morpholine rings is 1. The lowest BCUT2D eigenvalue weighted by Crippen LogP contribution is -2.36. The van der Waals surface area contributed by atoms with Crippen LogP contribution >= 0.6 is 0 Å². The van der Waals surface area contributed by atoms with E-state index in [0.29, 0.717) is 18.3 Å². The SMILES string of the molecule is C/C=C(\C)CCOc1cc(N2CCOCC2)cc(N)n1.CC. The Morgan fingerprint density at radius 2 is 2.05 bits per heavy atom. The quantitative estimate of drug-likeness (QED) is 0.846. The molecule has 0 amide bonds. The summed E-state index contributed by atoms with van der Waals surface area (Å²) in [6.45, 7) is 12.0. The lowest BCUT2D eigenvalue weighted by molar-refractivity contribution is 0.122. The summed E-state index contributed by atoms with van der Waals surface area (Å²) in [4.78, 5) is 6.47. The molecule has 1 aliphatic heterocycles. The van der Waals surface area contributed by atoms with E-state index in [-0.39, 0.29) is 0 Å². The van der Waals surface area contributed by atoms with Crippen molar-refractivity contribution in [2.45, 2.75) is 34.1 Å². The van der Waals surface area contributed by atoms with Crippen LogP contribution < -0.4 is 15.4 Å². The van der Waals surface area contributed by atoms with Gasteiger partial charge in [-0.25, -0.2) is 0 Å². The Kier molecular flexibility index (Phi) is 8.36. The maximum Gasteiger partial charge on any atom is 0.217 e. The Morgan fingerprint density at radius 3 is 2.68 bits per heavy atom. The molecule has 0 radical (unpaired) electrons. The van der Waals surface area contributed by atoms with Crippen LogP contribution in [-0.2, 0) is 4.74 Å². The molecular weight excluding hydrogens is 278 g/mol. The smallest absolute Gasteiger partial charge is 0.217 e. The van der Waals surface area contributed by atoms with E-state index in [1.165, 1.54) is 5.57 Å². The summed E-state index contributed by atoms with van der Waals surface area (Å²) in [5, 5.41) is 0. The van der Waals surface area contributed by atoms with Gasteiger partial charge in [0.25, 0.3) is 0 Å². The molecule has 0 unspecified atom stereocenters. The predicted molar refractivity (Wildman–Crippen MR) is 92.6 cm³/mol. The van der Waals surface area contributed by atoms with Crippen LogP contribution in [0, 0.1) is 0 Å². The van der Waals surface area contributed by atoms with Gasteiger partial charge in [-0.15, -0.1) is 0 Å². The number of pyridine rings is 1. The minimum absolute atomic E-state index is 0.492. The van der Waals surface area contributed by atoms with Crippen molar-refractivity contribution in [2.24, 2.45) is 0 Å². The molecule has 5 nitrogen and oxygen atoms in total. The molecule has 5 heteroatoms. The molecule has 2 N–H and O–H groups in total. The van der Waals surface area contributed by atoms with Gasteiger partial charge in [-0.2, -0.15) is 4.98 Å². The molecule has 0 spiro atoms. The summed E-state index contributed by atoms with van der Waals surface area (Å²) in [7, 11) is 0. The average molecular weight is 307 g/mol. The highest BCUT2D eigenvalue weighted by Crippen LogP contribution is 2.23. The second-order valence-corrected chi connectivity index (χ2v) is 4.92. The van der Waals surface area contributed by atoms with Gasteiger partial charge >= 0.3 is 0 Å². The average Bonchev–Trinajstić information content (AvgIpc) is 2.57. The third-order valence-electron chi connectivity index (χ3n) is 3.42. The maximum absolute atomic E-state index is 5.86. The summed E-state index contributed by atoms with van der Waals surface area (Å²) in [6.07, 6.45) is 3.00. The molecule has 2 rings (SSSR count). The van der Waals surface area contributed by atoms with Crippen LogP contribution in [0.2, 0.25) is 0 Å². The highest BCUT2D eigenvalue weighted by molar-refractivity contribution is 5.55. The Labute approximate surface area is 134 Å². The number of hydrogen-bond donors (Lipinski definition) is 1. The molecular formula is C17H29N3O2. The van der Waals surface area contributed by atoms with Crippen LogP contribution in [-0.4, -0.2) is 37.9 Å². The molecule has 0 aromatic carbocycles. The zero-order valence-electron chi connectivity index (χ0n) is 14.3. The van der Waals surface area contributed by atoms with Gasteiger partial charge in [-0.1, -0.05) is 25.5 Å². The zero-order valence-corrected chi connectivity index (χ0v) is 14.3. The fourth-order valence-corrected chi connectivity index (χ4v) is 2.05. The molecule has 0 atom stereocenters. The summed E-state index contributed by atoms with van der Waals surface area (Å²) in [5.41, 5.74) is 8.23. The number of rotatable bonds is 5. The van der Waals surface area contributed by atoms with Crippen LogP contribution in [0.4, 0.5) is 11.5 Å². The first-order valence-electron chi connectivity index (χ1n) is 8.04. The first-order valence-corrected chi connectivity index (χ1v) is 8.04. The number of hydrogen-bond acceptors (Lipinski definition) is 5. The van der Waals surface area contributed by atoms with Gasteiger partial charge in [0.2, 0.25) is 5.88 Å². The van der Waals surface area contributed by atoms with E-state index in [0.717, 1.165) is 38.4 Å². The van der Waals surface area contributed by atoms with E-state index in [1.54, 1.807) is 0 Å². The Morgan fingerprint density at radius 1 is 1.36 bits per heavy atom. The van der Waals surface area contributed by atoms with E-state index in [9.17, 15) is 0 Å². The minimum atomic E-state index is 0.492. The van der Waals surface area contributed by atoms with Crippen molar-refractivity contribution in [1.29, 1.82) is 0 Å². The number of nitrogens with zero attached hydrogens (tertiary/aromatic N) is 2. The largest absolute Gasteiger partial charge is 0.477 e. The normalized spacial score (nSPS) is 15.1. The fourth-order valence-electron chi connectivity index (χ4n) is 2.05. The lowest BCUT2D eigenvalue weighted by atomic mass is 10.2. The minimum Gasteiger partial charge on any atom is -0.477 e. The standard InChI is InChI=1S/C15H23N3O2.C2H6/c1-3-12(2)4-7-20-15-11-13(10-14(16)17-15)18-5-8-19-9-6-18;1-2/h3,10-11H,4-9H2,1-2H3,(H2,16,17);1-2H3/b12-3+;. The third kappa shape index (κ3) is 5.93. The Hall–Kier alpha value is -1.75. The predicted octanol–water partition coefficient (Wildman–Crippen LogP) is 3.26. The fraction of sp³-hybridized carbons (Fsp3) is 0.588. The molecule has 0 saturated carbocycles. The molecule has 1 fully saturated rings. The highest BCUT2D eigenvalue weighted by Gasteiger charge is 2.13. The first-order chi connectivity index (χ1) is 10.7. The molecule has 2 heterocycles. The number of nitrogen functional groups attached to an aromatic ring is 1. The highest BCUT2D eigenvalue weighted by atomic mass is 16.5. The van der Waals surface area contributed by atoms with Crippen molar-refractivity contribution in [3.8, 4) is 5.88 Å². The maximum atomic E-state index is 5.86. The van der Waals surface area contributed by atoms with Gasteiger partial charge in [0.05, 0.1) is 19.8 Å². The van der Waals surface area contributed by atoms with Gasteiger partial charge in [0.1, 0.15) is 5.82 Å². The molecule has 1 saturated heterocycles. The van der Waals surface area contributed by atoms with Crippen molar-refractivity contribution in [2.75, 3.05) is 43.5 Å². The van der Waals surface area contributed by atoms with E-state index in [2.05, 4.69) is 22.9 Å². The number of aromatic nitrogens is 1. The van der Waals surface area contributed by atoms with Crippen molar-refractivity contribution in [1.82, 2.24) is 4.98 Å². The van der Waals surface area contributed by atoms with Crippen molar-refractivity contribution >= 4 is 11.5 Å². The van der Waals surface area contributed by atoms with Gasteiger partial charge in [0.15, 0.2) is 0 Å². The van der Waals surface area contributed by atoms with Crippen LogP contribution in [0.3, 0.4) is 0 Å². The summed E-state index contributed by atoms with van der Waals surface area (Å²) < 4.78 is 11.1.